The normalized spacial score (nSPS) is 9.73. The van der Waals surface area contributed by atoms with E-state index in [0.29, 0.717) is 20.6 Å². The van der Waals surface area contributed by atoms with Gasteiger partial charge >= 0.3 is 0 Å². The summed E-state index contributed by atoms with van der Waals surface area (Å²) in [7, 11) is 0. The van der Waals surface area contributed by atoms with Crippen LogP contribution in [0.25, 0.3) is 0 Å². The summed E-state index contributed by atoms with van der Waals surface area (Å²) >= 11 is 17.1. The molecule has 58 valence electrons. The zero-order chi connectivity index (χ0) is 8.43. The van der Waals surface area contributed by atoms with Crippen molar-refractivity contribution in [3.63, 3.8) is 0 Å². The summed E-state index contributed by atoms with van der Waals surface area (Å²) in [6, 6.07) is 3.10. The van der Waals surface area contributed by atoms with Crippen molar-refractivity contribution < 1.29 is 0 Å². The van der Waals surface area contributed by atoms with Crippen molar-refractivity contribution in [1.82, 2.24) is 0 Å². The van der Waals surface area contributed by atoms with Crippen LogP contribution in [0.1, 0.15) is 5.56 Å². The third kappa shape index (κ3) is 1.86. The van der Waals surface area contributed by atoms with E-state index in [4.69, 9.17) is 40.2 Å². The summed E-state index contributed by atoms with van der Waals surface area (Å²) in [4.78, 5) is 0. The molecule has 4 heteroatoms. The molecule has 1 nitrogen and oxygen atoms in total. The second-order valence-electron chi connectivity index (χ2n) is 1.93. The van der Waals surface area contributed by atoms with Gasteiger partial charge < -0.3 is 5.41 Å². The maximum Gasteiger partial charge on any atom is 0.0523 e. The lowest BCUT2D eigenvalue weighted by Crippen LogP contribution is -1.83. The molecule has 0 saturated carbocycles. The molecule has 0 fully saturated rings. The second kappa shape index (κ2) is 3.44. The van der Waals surface area contributed by atoms with Gasteiger partial charge in [0, 0.05) is 16.8 Å². The first-order chi connectivity index (χ1) is 5.15. The highest BCUT2D eigenvalue weighted by Gasteiger charge is 2.03. The molecule has 11 heavy (non-hydrogen) atoms. The first-order valence-corrected chi connectivity index (χ1v) is 3.93. The van der Waals surface area contributed by atoms with Crippen LogP contribution in [0.3, 0.4) is 0 Å². The van der Waals surface area contributed by atoms with Crippen molar-refractivity contribution in [3.8, 4) is 0 Å². The minimum absolute atomic E-state index is 0.400. The molecule has 0 aliphatic heterocycles. The highest BCUT2D eigenvalue weighted by atomic mass is 35.5. The van der Waals surface area contributed by atoms with Crippen LogP contribution in [-0.2, 0) is 0 Å². The number of benzene rings is 1. The molecule has 1 aromatic carbocycles. The minimum atomic E-state index is 0.400. The van der Waals surface area contributed by atoms with Crippen LogP contribution in [-0.4, -0.2) is 6.21 Å². The third-order valence-corrected chi connectivity index (χ3v) is 2.03. The van der Waals surface area contributed by atoms with Crippen molar-refractivity contribution in [2.75, 3.05) is 0 Å². The molecule has 0 saturated heterocycles. The molecule has 0 atom stereocenters. The van der Waals surface area contributed by atoms with Gasteiger partial charge in [-0.3, -0.25) is 0 Å². The first-order valence-electron chi connectivity index (χ1n) is 2.80. The maximum atomic E-state index is 6.96. The van der Waals surface area contributed by atoms with E-state index >= 15 is 0 Å². The number of hydrogen-bond acceptors (Lipinski definition) is 1. The standard InChI is InChI=1S/C7H4Cl3N/c8-4-1-6(9)5(3-11)7(10)2-4/h1-3,11H. The highest BCUT2D eigenvalue weighted by Crippen LogP contribution is 2.27. The first kappa shape index (κ1) is 8.85. The van der Waals surface area contributed by atoms with Crippen molar-refractivity contribution in [2.45, 2.75) is 0 Å². The molecule has 0 heterocycles. The summed E-state index contributed by atoms with van der Waals surface area (Å²) in [6.07, 6.45) is 1.10. The molecule has 0 aliphatic rings. The van der Waals surface area contributed by atoms with Crippen LogP contribution < -0.4 is 0 Å². The SMILES string of the molecule is N=Cc1c(Cl)cc(Cl)cc1Cl. The van der Waals surface area contributed by atoms with Crippen LogP contribution >= 0.6 is 34.8 Å². The largest absolute Gasteiger partial charge is 0.308 e. The van der Waals surface area contributed by atoms with E-state index in [0.717, 1.165) is 6.21 Å². The molecule has 0 aliphatic carbocycles. The maximum absolute atomic E-state index is 6.96. The molecular formula is C7H4Cl3N. The summed E-state index contributed by atoms with van der Waals surface area (Å²) in [5.74, 6) is 0. The van der Waals surface area contributed by atoms with Gasteiger partial charge in [-0.2, -0.15) is 0 Å². The fourth-order valence-electron chi connectivity index (χ4n) is 0.691. The molecule has 0 bridgehead atoms. The Balaban J connectivity index is 3.36. The zero-order valence-corrected chi connectivity index (χ0v) is 7.63. The summed E-state index contributed by atoms with van der Waals surface area (Å²) < 4.78 is 0. The lowest BCUT2D eigenvalue weighted by Gasteiger charge is -2.00. The Morgan fingerprint density at radius 3 is 1.91 bits per heavy atom. The van der Waals surface area contributed by atoms with Crippen LogP contribution in [0.2, 0.25) is 15.1 Å². The predicted molar refractivity (Wildman–Crippen MR) is 49.4 cm³/mol. The highest BCUT2D eigenvalue weighted by molar-refractivity contribution is 6.41. The third-order valence-electron chi connectivity index (χ3n) is 1.19. The fourth-order valence-corrected chi connectivity index (χ4v) is 1.62. The Hall–Kier alpha value is -0.240. The van der Waals surface area contributed by atoms with Crippen LogP contribution in [0.15, 0.2) is 12.1 Å². The van der Waals surface area contributed by atoms with Gasteiger partial charge in [0.2, 0.25) is 0 Å². The quantitative estimate of drug-likeness (QED) is 0.681. The Morgan fingerprint density at radius 1 is 1.09 bits per heavy atom. The van der Waals surface area contributed by atoms with Crippen LogP contribution in [0, 0.1) is 5.41 Å². The van der Waals surface area contributed by atoms with Gasteiger partial charge in [0.1, 0.15) is 0 Å². The Bertz CT molecular complexity index is 273. The summed E-state index contributed by atoms with van der Waals surface area (Å²) in [5.41, 5.74) is 0.498. The van der Waals surface area contributed by atoms with E-state index in [-0.39, 0.29) is 0 Å². The molecule has 0 amide bonds. The van der Waals surface area contributed by atoms with Crippen molar-refractivity contribution in [2.24, 2.45) is 0 Å². The smallest absolute Gasteiger partial charge is 0.0523 e. The van der Waals surface area contributed by atoms with E-state index in [9.17, 15) is 0 Å². The Labute approximate surface area is 79.4 Å². The van der Waals surface area contributed by atoms with Gasteiger partial charge in [0.15, 0.2) is 0 Å². The molecule has 1 N–H and O–H groups in total. The summed E-state index contributed by atoms with van der Waals surface area (Å²) in [5, 5.41) is 8.24. The summed E-state index contributed by atoms with van der Waals surface area (Å²) in [6.45, 7) is 0. The van der Waals surface area contributed by atoms with Crippen LogP contribution in [0.4, 0.5) is 0 Å². The average molecular weight is 208 g/mol. The molecule has 0 spiro atoms. The van der Waals surface area contributed by atoms with E-state index in [1.807, 2.05) is 0 Å². The Kier molecular flexibility index (Phi) is 2.77. The lowest BCUT2D eigenvalue weighted by molar-refractivity contribution is 1.54. The van der Waals surface area contributed by atoms with Gasteiger partial charge in [0.25, 0.3) is 0 Å². The van der Waals surface area contributed by atoms with Gasteiger partial charge in [-0.25, -0.2) is 0 Å². The molecular weight excluding hydrogens is 204 g/mol. The van der Waals surface area contributed by atoms with Gasteiger partial charge in [-0.1, -0.05) is 34.8 Å². The topological polar surface area (TPSA) is 23.9 Å². The van der Waals surface area contributed by atoms with Crippen LogP contribution in [0.5, 0.6) is 0 Å². The average Bonchev–Trinajstić information content (AvgIpc) is 1.85. The van der Waals surface area contributed by atoms with Crippen molar-refractivity contribution in [1.29, 1.82) is 5.41 Å². The number of hydrogen-bond donors (Lipinski definition) is 1. The fraction of sp³-hybridized carbons (Fsp3) is 0. The van der Waals surface area contributed by atoms with E-state index in [1.54, 1.807) is 12.1 Å². The Morgan fingerprint density at radius 2 is 1.55 bits per heavy atom. The number of nitrogens with one attached hydrogen (secondary N) is 1. The van der Waals surface area contributed by atoms with Gasteiger partial charge in [0.05, 0.1) is 10.0 Å². The van der Waals surface area contributed by atoms with Gasteiger partial charge in [-0.05, 0) is 12.1 Å². The molecule has 0 radical (unpaired) electrons. The molecule has 0 aromatic heterocycles. The van der Waals surface area contributed by atoms with Gasteiger partial charge in [-0.15, -0.1) is 0 Å². The second-order valence-corrected chi connectivity index (χ2v) is 3.18. The number of rotatable bonds is 1. The van der Waals surface area contributed by atoms with Crippen molar-refractivity contribution in [3.05, 3.63) is 32.8 Å². The molecule has 1 aromatic rings. The monoisotopic (exact) mass is 207 g/mol. The minimum Gasteiger partial charge on any atom is -0.308 e. The van der Waals surface area contributed by atoms with Crippen molar-refractivity contribution >= 4 is 41.0 Å². The predicted octanol–water partition coefficient (Wildman–Crippen LogP) is 3.64. The molecule has 0 unspecified atom stereocenters. The molecule has 1 rings (SSSR count). The lowest BCUT2D eigenvalue weighted by atomic mass is 10.2. The number of halogens is 3. The zero-order valence-electron chi connectivity index (χ0n) is 5.37. The van der Waals surface area contributed by atoms with E-state index in [1.165, 1.54) is 0 Å². The van der Waals surface area contributed by atoms with E-state index < -0.39 is 0 Å². The van der Waals surface area contributed by atoms with E-state index in [2.05, 4.69) is 0 Å².